The summed E-state index contributed by atoms with van der Waals surface area (Å²) in [7, 11) is 10.8. The summed E-state index contributed by atoms with van der Waals surface area (Å²) in [5.74, 6) is 0.462. The van der Waals surface area contributed by atoms with E-state index in [2.05, 4.69) is 92.8 Å². The molecule has 31 heavy (non-hydrogen) atoms. The van der Waals surface area contributed by atoms with Crippen molar-refractivity contribution in [1.82, 2.24) is 0 Å². The molecule has 4 atom stereocenters. The first kappa shape index (κ1) is 26.4. The monoisotopic (exact) mass is 516 g/mol. The van der Waals surface area contributed by atoms with Gasteiger partial charge in [-0.25, -0.2) is 0 Å². The highest BCUT2D eigenvalue weighted by Crippen LogP contribution is 2.59. The fraction of sp³-hybridized carbons (Fsp3) is 0.760. The lowest BCUT2D eigenvalue weighted by molar-refractivity contribution is 0.445. The van der Waals surface area contributed by atoms with Crippen LogP contribution in [0.5, 0.6) is 5.75 Å². The molecule has 3 rings (SSSR count). The minimum absolute atomic E-state index is 0.00237. The first-order chi connectivity index (χ1) is 14.9. The van der Waals surface area contributed by atoms with Gasteiger partial charge in [0, 0.05) is 21.0 Å². The van der Waals surface area contributed by atoms with Crippen LogP contribution >= 0.6 is 53.0 Å². The van der Waals surface area contributed by atoms with Crippen molar-refractivity contribution in [3.05, 3.63) is 29.3 Å². The third-order valence-electron chi connectivity index (χ3n) is 6.32. The Morgan fingerprint density at radius 1 is 0.871 bits per heavy atom. The molecule has 1 aromatic carbocycles. The average molecular weight is 517 g/mol. The Hall–Kier alpha value is 0.770. The molecule has 4 unspecified atom stereocenters. The molecule has 0 aliphatic carbocycles. The maximum atomic E-state index is 10.3. The molecule has 0 saturated carbocycles. The van der Waals surface area contributed by atoms with E-state index in [-0.39, 0.29) is 5.41 Å². The molecule has 0 aromatic heterocycles. The largest absolute Gasteiger partial charge is 0.508 e. The molecule has 1 aromatic rings. The van der Waals surface area contributed by atoms with Crippen LogP contribution < -0.4 is 0 Å². The standard InChI is InChI=1S/C25H40OS5/c1-5-11-21-23-17-24(28-27-23)22(30-31-29-21)13-10-8-6-7-9-12-18-14-15-19(20(26)16-18)25(2,3)4/h14-16,21-24,26H,5-13,17H2,1-4H3. The molecule has 0 spiro atoms. The molecule has 0 amide bonds. The maximum absolute atomic E-state index is 10.3. The van der Waals surface area contributed by atoms with E-state index in [0.29, 0.717) is 5.75 Å². The number of hydrogen-bond acceptors (Lipinski definition) is 6. The van der Waals surface area contributed by atoms with Gasteiger partial charge in [0.25, 0.3) is 0 Å². The van der Waals surface area contributed by atoms with Gasteiger partial charge in [-0.2, -0.15) is 0 Å². The molecule has 1 nitrogen and oxygen atoms in total. The van der Waals surface area contributed by atoms with Crippen LogP contribution in [-0.4, -0.2) is 26.1 Å². The van der Waals surface area contributed by atoms with Crippen LogP contribution in [0.3, 0.4) is 0 Å². The van der Waals surface area contributed by atoms with Crippen molar-refractivity contribution in [3.63, 3.8) is 0 Å². The van der Waals surface area contributed by atoms with Gasteiger partial charge in [0.2, 0.25) is 0 Å². The van der Waals surface area contributed by atoms with E-state index in [0.717, 1.165) is 33.0 Å². The Balaban J connectivity index is 1.30. The second-order valence-corrected chi connectivity index (χ2v) is 17.3. The molecule has 1 N–H and O–H groups in total. The molecular weight excluding hydrogens is 477 g/mol. The van der Waals surface area contributed by atoms with E-state index in [1.807, 2.05) is 6.07 Å². The number of fused-ring (bicyclic) bond motifs is 2. The first-order valence-electron chi connectivity index (χ1n) is 12.0. The van der Waals surface area contributed by atoms with Crippen molar-refractivity contribution in [2.75, 3.05) is 0 Å². The van der Waals surface area contributed by atoms with Crippen molar-refractivity contribution in [2.45, 2.75) is 118 Å². The van der Waals surface area contributed by atoms with Crippen molar-refractivity contribution in [2.24, 2.45) is 0 Å². The van der Waals surface area contributed by atoms with Crippen molar-refractivity contribution >= 4 is 53.0 Å². The number of phenolic OH excluding ortho intramolecular Hbond substituents is 1. The average Bonchev–Trinajstić information content (AvgIpc) is 3.20. The van der Waals surface area contributed by atoms with Gasteiger partial charge in [0.05, 0.1) is 0 Å². The summed E-state index contributed by atoms with van der Waals surface area (Å²) >= 11 is 0. The van der Waals surface area contributed by atoms with E-state index in [9.17, 15) is 5.11 Å². The van der Waals surface area contributed by atoms with Crippen LogP contribution in [0.4, 0.5) is 0 Å². The molecule has 2 saturated heterocycles. The molecule has 6 heteroatoms. The molecule has 0 radical (unpaired) electrons. The Kier molecular flexibility index (Phi) is 11.1. The molecule has 2 aliphatic rings. The molecular formula is C25H40OS5. The van der Waals surface area contributed by atoms with E-state index in [1.165, 1.54) is 63.4 Å². The summed E-state index contributed by atoms with van der Waals surface area (Å²) in [5, 5.41) is 13.8. The van der Waals surface area contributed by atoms with E-state index in [1.54, 1.807) is 0 Å². The minimum Gasteiger partial charge on any atom is -0.508 e. The Morgan fingerprint density at radius 2 is 1.52 bits per heavy atom. The van der Waals surface area contributed by atoms with Crippen LogP contribution in [0.25, 0.3) is 0 Å². The molecule has 2 heterocycles. The lowest BCUT2D eigenvalue weighted by Crippen LogP contribution is -2.25. The Morgan fingerprint density at radius 3 is 2.16 bits per heavy atom. The fourth-order valence-electron chi connectivity index (χ4n) is 4.45. The number of aromatic hydroxyl groups is 1. The van der Waals surface area contributed by atoms with Crippen molar-refractivity contribution in [3.8, 4) is 5.75 Å². The van der Waals surface area contributed by atoms with Crippen molar-refractivity contribution < 1.29 is 5.11 Å². The van der Waals surface area contributed by atoms with Crippen LogP contribution in [0, 0.1) is 0 Å². The predicted molar refractivity (Wildman–Crippen MR) is 151 cm³/mol. The molecule has 2 bridgehead atoms. The van der Waals surface area contributed by atoms with Crippen LogP contribution in [-0.2, 0) is 11.8 Å². The van der Waals surface area contributed by atoms with E-state index in [4.69, 9.17) is 0 Å². The SMILES string of the molecule is CCCC1SSSC(CCCCCCCc2ccc(C(C)(C)C)c(O)c2)C2CC1SS2. The van der Waals surface area contributed by atoms with Crippen LogP contribution in [0.15, 0.2) is 18.2 Å². The Bertz CT molecular complexity index is 674. The highest BCUT2D eigenvalue weighted by atomic mass is 33.5. The molecule has 2 fully saturated rings. The smallest absolute Gasteiger partial charge is 0.119 e. The highest BCUT2D eigenvalue weighted by Gasteiger charge is 2.39. The third kappa shape index (κ3) is 8.19. The second kappa shape index (κ2) is 13.0. The number of rotatable bonds is 10. The van der Waals surface area contributed by atoms with Gasteiger partial charge in [0.15, 0.2) is 0 Å². The molecule has 2 aliphatic heterocycles. The van der Waals surface area contributed by atoms with Gasteiger partial charge in [-0.3, -0.25) is 0 Å². The molecule has 176 valence electrons. The Labute approximate surface area is 210 Å². The van der Waals surface area contributed by atoms with Gasteiger partial charge in [0.1, 0.15) is 5.75 Å². The topological polar surface area (TPSA) is 20.2 Å². The summed E-state index contributed by atoms with van der Waals surface area (Å²) in [5.41, 5.74) is 2.33. The zero-order chi connectivity index (χ0) is 22.3. The van der Waals surface area contributed by atoms with Crippen molar-refractivity contribution in [1.29, 1.82) is 0 Å². The zero-order valence-electron chi connectivity index (χ0n) is 19.6. The van der Waals surface area contributed by atoms with Crippen LogP contribution in [0.1, 0.15) is 96.6 Å². The predicted octanol–water partition coefficient (Wildman–Crippen LogP) is 9.68. The minimum atomic E-state index is 0.00237. The number of benzene rings is 1. The zero-order valence-corrected chi connectivity index (χ0v) is 23.7. The highest BCUT2D eigenvalue weighted by molar-refractivity contribution is 9.09. The van der Waals surface area contributed by atoms with Gasteiger partial charge < -0.3 is 5.11 Å². The summed E-state index contributed by atoms with van der Waals surface area (Å²) in [6, 6.07) is 6.30. The maximum Gasteiger partial charge on any atom is 0.119 e. The second-order valence-electron chi connectivity index (χ2n) is 10.0. The van der Waals surface area contributed by atoms with Gasteiger partial charge in [-0.15, -0.1) is 0 Å². The quantitative estimate of drug-likeness (QED) is 0.245. The van der Waals surface area contributed by atoms with Gasteiger partial charge >= 0.3 is 0 Å². The lowest BCUT2D eigenvalue weighted by atomic mass is 9.85. The lowest BCUT2D eigenvalue weighted by Gasteiger charge is -2.27. The fourth-order valence-corrected chi connectivity index (χ4v) is 15.3. The van der Waals surface area contributed by atoms with Gasteiger partial charge in [-0.05, 0) is 64.5 Å². The summed E-state index contributed by atoms with van der Waals surface area (Å²) in [6.07, 6.45) is 13.3. The van der Waals surface area contributed by atoms with E-state index >= 15 is 0 Å². The summed E-state index contributed by atoms with van der Waals surface area (Å²) in [4.78, 5) is 0. The number of hydrogen-bond donors (Lipinski definition) is 1. The van der Waals surface area contributed by atoms with Crippen LogP contribution in [0.2, 0.25) is 0 Å². The summed E-state index contributed by atoms with van der Waals surface area (Å²) in [6.45, 7) is 8.79. The third-order valence-corrected chi connectivity index (χ3v) is 15.3. The first-order valence-corrected chi connectivity index (χ1v) is 17.9. The normalized spacial score (nSPS) is 26.6. The van der Waals surface area contributed by atoms with E-state index < -0.39 is 0 Å². The number of unbranched alkanes of at least 4 members (excludes halogenated alkanes) is 4. The number of phenols is 1. The van der Waals surface area contributed by atoms with Gasteiger partial charge in [-0.1, -0.05) is 115 Å². The number of aryl methyl sites for hydroxylation is 1. The summed E-state index contributed by atoms with van der Waals surface area (Å²) < 4.78 is 0.